The van der Waals surface area contributed by atoms with E-state index in [1.54, 1.807) is 0 Å². The van der Waals surface area contributed by atoms with E-state index < -0.39 is 6.36 Å². The van der Waals surface area contributed by atoms with Gasteiger partial charge in [0.1, 0.15) is 5.75 Å². The van der Waals surface area contributed by atoms with Crippen LogP contribution in [0, 0.1) is 0 Å². The predicted molar refractivity (Wildman–Crippen MR) is 93.7 cm³/mol. The Hall–Kier alpha value is -2.48. The number of thiocarbonyl (C=S) groups is 1. The maximum absolute atomic E-state index is 12.1. The molecule has 0 bridgehead atoms. The zero-order valence-corrected chi connectivity index (χ0v) is 13.8. The number of hydrogen-bond acceptors (Lipinski definition) is 3. The fourth-order valence-corrected chi connectivity index (χ4v) is 2.11. The van der Waals surface area contributed by atoms with E-state index in [4.69, 9.17) is 12.2 Å². The molecule has 0 fully saturated rings. The molecule has 8 heteroatoms. The Labute approximate surface area is 143 Å². The number of nitrogens with one attached hydrogen (secondary N) is 2. The van der Waals surface area contributed by atoms with Crippen LogP contribution in [0.1, 0.15) is 0 Å². The summed E-state index contributed by atoms with van der Waals surface area (Å²) < 4.78 is 40.1. The van der Waals surface area contributed by atoms with Gasteiger partial charge in [0.2, 0.25) is 0 Å². The highest BCUT2D eigenvalue weighted by Crippen LogP contribution is 2.24. The monoisotopic (exact) mass is 355 g/mol. The van der Waals surface area contributed by atoms with Crippen LogP contribution in [0.15, 0.2) is 48.5 Å². The zero-order valence-electron chi connectivity index (χ0n) is 13.0. The Bertz CT molecular complexity index is 685. The predicted octanol–water partition coefficient (Wildman–Crippen LogP) is 4.46. The van der Waals surface area contributed by atoms with Crippen LogP contribution in [0.2, 0.25) is 0 Å². The molecule has 2 aromatic carbocycles. The molecule has 0 saturated heterocycles. The minimum absolute atomic E-state index is 0.286. The molecule has 0 radical (unpaired) electrons. The quantitative estimate of drug-likeness (QED) is 0.792. The molecular weight excluding hydrogens is 339 g/mol. The molecule has 24 heavy (non-hydrogen) atoms. The minimum atomic E-state index is -4.70. The Balaban J connectivity index is 1.92. The largest absolute Gasteiger partial charge is 0.573 e. The standard InChI is InChI=1S/C16H16F3N3OS/c1-22(2)13-7-3-11(4-8-13)20-15(24)21-12-5-9-14(10-6-12)23-16(17,18)19/h3-10H,1-2H3,(H2,20,21,24). The van der Waals surface area contributed by atoms with Crippen molar-refractivity contribution >= 4 is 34.4 Å². The van der Waals surface area contributed by atoms with E-state index in [2.05, 4.69) is 15.4 Å². The van der Waals surface area contributed by atoms with Crippen LogP contribution in [0.5, 0.6) is 5.75 Å². The molecule has 2 rings (SSSR count). The number of halogens is 3. The van der Waals surface area contributed by atoms with Gasteiger partial charge in [0, 0.05) is 31.2 Å². The average Bonchev–Trinajstić information content (AvgIpc) is 2.48. The molecule has 128 valence electrons. The molecule has 0 heterocycles. The lowest BCUT2D eigenvalue weighted by Gasteiger charge is -2.14. The summed E-state index contributed by atoms with van der Waals surface area (Å²) in [6.45, 7) is 0. The molecule has 0 spiro atoms. The van der Waals surface area contributed by atoms with Gasteiger partial charge in [0.25, 0.3) is 0 Å². The number of nitrogens with zero attached hydrogens (tertiary/aromatic N) is 1. The van der Waals surface area contributed by atoms with Crippen LogP contribution in [0.3, 0.4) is 0 Å². The third kappa shape index (κ3) is 5.62. The second-order valence-electron chi connectivity index (χ2n) is 5.09. The maximum Gasteiger partial charge on any atom is 0.573 e. The minimum Gasteiger partial charge on any atom is -0.406 e. The Kier molecular flexibility index (Phi) is 5.50. The molecule has 0 saturated carbocycles. The number of anilines is 3. The lowest BCUT2D eigenvalue weighted by molar-refractivity contribution is -0.274. The van der Waals surface area contributed by atoms with Crippen molar-refractivity contribution in [3.05, 3.63) is 48.5 Å². The Morgan fingerprint density at radius 1 is 0.917 bits per heavy atom. The third-order valence-corrected chi connectivity index (χ3v) is 3.19. The molecule has 0 unspecified atom stereocenters. The summed E-state index contributed by atoms with van der Waals surface area (Å²) in [6.07, 6.45) is -4.70. The molecule has 0 amide bonds. The maximum atomic E-state index is 12.1. The first-order valence-electron chi connectivity index (χ1n) is 6.94. The number of alkyl halides is 3. The average molecular weight is 355 g/mol. The third-order valence-electron chi connectivity index (χ3n) is 2.99. The molecular formula is C16H16F3N3OS. The molecule has 0 aliphatic heterocycles. The van der Waals surface area contributed by atoms with Crippen molar-refractivity contribution in [3.8, 4) is 5.75 Å². The van der Waals surface area contributed by atoms with Crippen LogP contribution < -0.4 is 20.3 Å². The number of rotatable bonds is 4. The SMILES string of the molecule is CN(C)c1ccc(NC(=S)Nc2ccc(OC(F)(F)F)cc2)cc1. The molecule has 2 aromatic rings. The van der Waals surface area contributed by atoms with Crippen LogP contribution in [-0.2, 0) is 0 Å². The lowest BCUT2D eigenvalue weighted by Crippen LogP contribution is -2.19. The van der Waals surface area contributed by atoms with Gasteiger partial charge >= 0.3 is 6.36 Å². The van der Waals surface area contributed by atoms with E-state index in [1.165, 1.54) is 24.3 Å². The van der Waals surface area contributed by atoms with Crippen molar-refractivity contribution in [2.45, 2.75) is 6.36 Å². The van der Waals surface area contributed by atoms with Gasteiger partial charge in [0.05, 0.1) is 0 Å². The van der Waals surface area contributed by atoms with Crippen LogP contribution >= 0.6 is 12.2 Å². The summed E-state index contributed by atoms with van der Waals surface area (Å²) in [5.41, 5.74) is 2.40. The van der Waals surface area contributed by atoms with Crippen LogP contribution in [0.25, 0.3) is 0 Å². The first-order valence-corrected chi connectivity index (χ1v) is 7.35. The molecule has 2 N–H and O–H groups in total. The molecule has 0 aliphatic carbocycles. The van der Waals surface area contributed by atoms with Gasteiger partial charge in [-0.2, -0.15) is 0 Å². The molecule has 0 aliphatic rings. The normalized spacial score (nSPS) is 10.9. The highest BCUT2D eigenvalue weighted by molar-refractivity contribution is 7.80. The molecule has 0 aromatic heterocycles. The van der Waals surface area contributed by atoms with Crippen molar-refractivity contribution < 1.29 is 17.9 Å². The van der Waals surface area contributed by atoms with Gasteiger partial charge in [-0.3, -0.25) is 0 Å². The van der Waals surface area contributed by atoms with Gasteiger partial charge < -0.3 is 20.3 Å². The summed E-state index contributed by atoms with van der Waals surface area (Å²) in [6, 6.07) is 13.0. The van der Waals surface area contributed by atoms with Crippen molar-refractivity contribution in [2.75, 3.05) is 29.6 Å². The first kappa shape index (κ1) is 17.9. The van der Waals surface area contributed by atoms with Crippen molar-refractivity contribution in [2.24, 2.45) is 0 Å². The van der Waals surface area contributed by atoms with Gasteiger partial charge in [0.15, 0.2) is 5.11 Å². The van der Waals surface area contributed by atoms with E-state index in [0.717, 1.165) is 11.4 Å². The van der Waals surface area contributed by atoms with Crippen molar-refractivity contribution in [1.29, 1.82) is 0 Å². The summed E-state index contributed by atoms with van der Waals surface area (Å²) in [5.74, 6) is -0.286. The smallest absolute Gasteiger partial charge is 0.406 e. The van der Waals surface area contributed by atoms with Crippen LogP contribution in [0.4, 0.5) is 30.2 Å². The second-order valence-corrected chi connectivity index (χ2v) is 5.50. The highest BCUT2D eigenvalue weighted by Gasteiger charge is 2.30. The van der Waals surface area contributed by atoms with E-state index in [0.29, 0.717) is 10.8 Å². The van der Waals surface area contributed by atoms with Gasteiger partial charge in [-0.1, -0.05) is 0 Å². The first-order chi connectivity index (χ1) is 11.2. The topological polar surface area (TPSA) is 36.5 Å². The van der Waals surface area contributed by atoms with E-state index in [1.807, 2.05) is 43.3 Å². The van der Waals surface area contributed by atoms with E-state index >= 15 is 0 Å². The number of hydrogen-bond donors (Lipinski definition) is 2. The van der Waals surface area contributed by atoms with Crippen molar-refractivity contribution in [1.82, 2.24) is 0 Å². The van der Waals surface area contributed by atoms with Gasteiger partial charge in [-0.25, -0.2) is 0 Å². The molecule has 4 nitrogen and oxygen atoms in total. The molecule has 0 atom stereocenters. The number of benzene rings is 2. The second kappa shape index (κ2) is 7.39. The fraction of sp³-hybridized carbons (Fsp3) is 0.188. The summed E-state index contributed by atoms with van der Waals surface area (Å²) >= 11 is 5.18. The lowest BCUT2D eigenvalue weighted by atomic mass is 10.2. The van der Waals surface area contributed by atoms with Gasteiger partial charge in [-0.15, -0.1) is 13.2 Å². The van der Waals surface area contributed by atoms with Gasteiger partial charge in [-0.05, 0) is 60.7 Å². The zero-order chi connectivity index (χ0) is 17.7. The van der Waals surface area contributed by atoms with Crippen molar-refractivity contribution in [3.63, 3.8) is 0 Å². The van der Waals surface area contributed by atoms with E-state index in [-0.39, 0.29) is 5.75 Å². The number of ether oxygens (including phenoxy) is 1. The Morgan fingerprint density at radius 2 is 1.38 bits per heavy atom. The highest BCUT2D eigenvalue weighted by atomic mass is 32.1. The van der Waals surface area contributed by atoms with Crippen LogP contribution in [-0.4, -0.2) is 25.6 Å². The Morgan fingerprint density at radius 3 is 1.79 bits per heavy atom. The summed E-state index contributed by atoms with van der Waals surface area (Å²) in [5, 5.41) is 6.22. The van der Waals surface area contributed by atoms with E-state index in [9.17, 15) is 13.2 Å². The summed E-state index contributed by atoms with van der Waals surface area (Å²) in [7, 11) is 3.89. The fourth-order valence-electron chi connectivity index (χ4n) is 1.88. The summed E-state index contributed by atoms with van der Waals surface area (Å²) in [4.78, 5) is 1.98.